The molecule has 1 aliphatic carbocycles. The number of nitrogens with zero attached hydrogens (tertiary/aromatic N) is 3. The minimum absolute atomic E-state index is 0. The number of hydrogen-bond donors (Lipinski definition) is 0. The SMILES string of the molecule is Cl.Cl.O=C(CC1c2ccccc2-c2ccccc21)N1CCN(CCCN2CCCCC2)CC1. The van der Waals surface area contributed by atoms with E-state index in [2.05, 4.69) is 63.2 Å². The van der Waals surface area contributed by atoms with Gasteiger partial charge in [0.05, 0.1) is 0 Å². The minimum atomic E-state index is 0. The first-order chi connectivity index (χ1) is 15.3. The summed E-state index contributed by atoms with van der Waals surface area (Å²) < 4.78 is 0. The van der Waals surface area contributed by atoms with Crippen LogP contribution in [0.1, 0.15) is 49.1 Å². The topological polar surface area (TPSA) is 26.8 Å². The molecule has 4 nitrogen and oxygen atoms in total. The fourth-order valence-electron chi connectivity index (χ4n) is 5.71. The summed E-state index contributed by atoms with van der Waals surface area (Å²) in [5.41, 5.74) is 5.23. The van der Waals surface area contributed by atoms with Crippen LogP contribution in [0.15, 0.2) is 48.5 Å². The average molecular weight is 491 g/mol. The van der Waals surface area contributed by atoms with Gasteiger partial charge < -0.3 is 9.80 Å². The van der Waals surface area contributed by atoms with E-state index in [4.69, 9.17) is 0 Å². The molecular weight excluding hydrogens is 453 g/mol. The molecule has 2 aromatic rings. The molecule has 0 spiro atoms. The van der Waals surface area contributed by atoms with Crippen LogP contribution in [0.4, 0.5) is 0 Å². The zero-order valence-corrected chi connectivity index (χ0v) is 21.1. The monoisotopic (exact) mass is 489 g/mol. The Morgan fingerprint density at radius 3 is 1.79 bits per heavy atom. The van der Waals surface area contributed by atoms with Gasteiger partial charge in [-0.1, -0.05) is 55.0 Å². The molecule has 33 heavy (non-hydrogen) atoms. The van der Waals surface area contributed by atoms with Crippen LogP contribution in [-0.2, 0) is 4.79 Å². The van der Waals surface area contributed by atoms with Crippen LogP contribution < -0.4 is 0 Å². The van der Waals surface area contributed by atoms with E-state index in [1.807, 2.05) is 0 Å². The number of halogens is 2. The number of piperidine rings is 1. The lowest BCUT2D eigenvalue weighted by molar-refractivity contribution is -0.133. The van der Waals surface area contributed by atoms with Gasteiger partial charge in [-0.3, -0.25) is 9.69 Å². The third-order valence-electron chi connectivity index (χ3n) is 7.46. The Bertz CT molecular complexity index is 862. The van der Waals surface area contributed by atoms with E-state index in [0.717, 1.165) is 26.2 Å². The van der Waals surface area contributed by atoms with Gasteiger partial charge in [0.1, 0.15) is 0 Å². The molecule has 0 radical (unpaired) electrons. The van der Waals surface area contributed by atoms with Gasteiger partial charge in [-0.25, -0.2) is 0 Å². The van der Waals surface area contributed by atoms with Crippen LogP contribution in [-0.4, -0.2) is 73.0 Å². The molecule has 0 bridgehead atoms. The normalized spacial score (nSPS) is 18.7. The van der Waals surface area contributed by atoms with Crippen LogP contribution in [0, 0.1) is 0 Å². The van der Waals surface area contributed by atoms with Gasteiger partial charge in [-0.05, 0) is 67.7 Å². The Morgan fingerprint density at radius 1 is 0.697 bits per heavy atom. The molecule has 1 amide bonds. The van der Waals surface area contributed by atoms with Gasteiger partial charge in [0.15, 0.2) is 0 Å². The van der Waals surface area contributed by atoms with Crippen molar-refractivity contribution in [2.45, 2.75) is 38.0 Å². The van der Waals surface area contributed by atoms with Crippen LogP contribution in [0.2, 0.25) is 0 Å². The maximum absolute atomic E-state index is 13.2. The van der Waals surface area contributed by atoms with Crippen LogP contribution in [0.5, 0.6) is 0 Å². The lowest BCUT2D eigenvalue weighted by Crippen LogP contribution is -2.49. The van der Waals surface area contributed by atoms with Crippen molar-refractivity contribution in [3.05, 3.63) is 59.7 Å². The first kappa shape index (κ1) is 26.0. The van der Waals surface area contributed by atoms with E-state index in [0.29, 0.717) is 12.3 Å². The van der Waals surface area contributed by atoms with Crippen molar-refractivity contribution in [2.24, 2.45) is 0 Å². The second-order valence-corrected chi connectivity index (χ2v) is 9.41. The predicted molar refractivity (Wildman–Crippen MR) is 141 cm³/mol. The molecule has 3 aliphatic rings. The number of piperazine rings is 1. The van der Waals surface area contributed by atoms with Gasteiger partial charge in [-0.15, -0.1) is 24.8 Å². The largest absolute Gasteiger partial charge is 0.340 e. The Kier molecular flexibility index (Phi) is 9.63. The first-order valence-corrected chi connectivity index (χ1v) is 12.2. The summed E-state index contributed by atoms with van der Waals surface area (Å²) in [4.78, 5) is 20.5. The molecule has 2 heterocycles. The zero-order valence-electron chi connectivity index (χ0n) is 19.5. The molecule has 180 valence electrons. The highest BCUT2D eigenvalue weighted by Crippen LogP contribution is 2.46. The summed E-state index contributed by atoms with van der Waals surface area (Å²) in [5.74, 6) is 0.506. The van der Waals surface area contributed by atoms with Crippen molar-refractivity contribution in [2.75, 3.05) is 52.4 Å². The molecule has 6 heteroatoms. The Balaban J connectivity index is 0.00000153. The summed E-state index contributed by atoms with van der Waals surface area (Å²) in [6, 6.07) is 17.2. The van der Waals surface area contributed by atoms with Gasteiger partial charge in [0, 0.05) is 38.5 Å². The van der Waals surface area contributed by atoms with Gasteiger partial charge in [0.2, 0.25) is 5.91 Å². The smallest absolute Gasteiger partial charge is 0.223 e. The van der Waals surface area contributed by atoms with E-state index in [1.165, 1.54) is 74.1 Å². The van der Waals surface area contributed by atoms with E-state index >= 15 is 0 Å². The van der Waals surface area contributed by atoms with Crippen LogP contribution >= 0.6 is 24.8 Å². The maximum Gasteiger partial charge on any atom is 0.223 e. The highest BCUT2D eigenvalue weighted by atomic mass is 35.5. The zero-order chi connectivity index (χ0) is 21.0. The molecule has 0 unspecified atom stereocenters. The molecule has 0 saturated carbocycles. The minimum Gasteiger partial charge on any atom is -0.340 e. The van der Waals surface area contributed by atoms with Gasteiger partial charge in [-0.2, -0.15) is 0 Å². The number of benzene rings is 2. The highest BCUT2D eigenvalue weighted by molar-refractivity contribution is 5.86. The quantitative estimate of drug-likeness (QED) is 0.567. The van der Waals surface area contributed by atoms with Gasteiger partial charge in [0.25, 0.3) is 0 Å². The molecule has 2 aromatic carbocycles. The second kappa shape index (κ2) is 12.2. The third kappa shape index (κ3) is 5.92. The number of carbonyl (C=O) groups is 1. The lowest BCUT2D eigenvalue weighted by Gasteiger charge is -2.36. The third-order valence-corrected chi connectivity index (χ3v) is 7.46. The second-order valence-electron chi connectivity index (χ2n) is 9.41. The number of fused-ring (bicyclic) bond motifs is 3. The Morgan fingerprint density at radius 2 is 1.21 bits per heavy atom. The molecular formula is C27H37Cl2N3O. The summed E-state index contributed by atoms with van der Waals surface area (Å²) in [6.07, 6.45) is 5.99. The average Bonchev–Trinajstić information content (AvgIpc) is 3.14. The van der Waals surface area contributed by atoms with Crippen LogP contribution in [0.25, 0.3) is 11.1 Å². The molecule has 0 aromatic heterocycles. The number of hydrogen-bond acceptors (Lipinski definition) is 3. The Labute approximate surface area is 211 Å². The predicted octanol–water partition coefficient (Wildman–Crippen LogP) is 5.05. The number of likely N-dealkylation sites (tertiary alicyclic amines) is 1. The standard InChI is InChI=1S/C27H35N3O.2ClH/c31-27(21-26-24-11-4-2-9-22(24)23-10-3-5-12-25(23)26)30-19-17-29(18-20-30)16-8-15-28-13-6-1-7-14-28;;/h2-5,9-12,26H,1,6-8,13-21H2;2*1H. The fraction of sp³-hybridized carbons (Fsp3) is 0.519. The van der Waals surface area contributed by atoms with Crippen molar-refractivity contribution in [3.8, 4) is 11.1 Å². The maximum atomic E-state index is 13.2. The van der Waals surface area contributed by atoms with Crippen molar-refractivity contribution in [3.63, 3.8) is 0 Å². The molecule has 2 fully saturated rings. The lowest BCUT2D eigenvalue weighted by atomic mass is 9.93. The van der Waals surface area contributed by atoms with Crippen molar-refractivity contribution < 1.29 is 4.79 Å². The number of amides is 1. The highest BCUT2D eigenvalue weighted by Gasteiger charge is 2.31. The summed E-state index contributed by atoms with van der Waals surface area (Å²) >= 11 is 0. The number of carbonyl (C=O) groups excluding carboxylic acids is 1. The molecule has 0 N–H and O–H groups in total. The molecule has 2 saturated heterocycles. The van der Waals surface area contributed by atoms with Crippen LogP contribution in [0.3, 0.4) is 0 Å². The summed E-state index contributed by atoms with van der Waals surface area (Å²) in [7, 11) is 0. The van der Waals surface area contributed by atoms with E-state index < -0.39 is 0 Å². The summed E-state index contributed by atoms with van der Waals surface area (Å²) in [6.45, 7) is 8.76. The van der Waals surface area contributed by atoms with Crippen molar-refractivity contribution >= 4 is 30.7 Å². The van der Waals surface area contributed by atoms with Crippen molar-refractivity contribution in [1.29, 1.82) is 0 Å². The fourth-order valence-corrected chi connectivity index (χ4v) is 5.71. The van der Waals surface area contributed by atoms with E-state index in [-0.39, 0.29) is 30.7 Å². The molecule has 0 atom stereocenters. The van der Waals surface area contributed by atoms with Gasteiger partial charge >= 0.3 is 0 Å². The van der Waals surface area contributed by atoms with E-state index in [9.17, 15) is 4.79 Å². The molecule has 5 rings (SSSR count). The first-order valence-electron chi connectivity index (χ1n) is 12.2. The number of rotatable bonds is 6. The van der Waals surface area contributed by atoms with E-state index in [1.54, 1.807) is 0 Å². The Hall–Kier alpha value is -1.59. The molecule has 2 aliphatic heterocycles. The summed E-state index contributed by atoms with van der Waals surface area (Å²) in [5, 5.41) is 0. The van der Waals surface area contributed by atoms with Crippen molar-refractivity contribution in [1.82, 2.24) is 14.7 Å².